The van der Waals surface area contributed by atoms with Crippen molar-refractivity contribution in [1.82, 2.24) is 0 Å². The summed E-state index contributed by atoms with van der Waals surface area (Å²) >= 11 is 0. The molecule has 0 radical (unpaired) electrons. The summed E-state index contributed by atoms with van der Waals surface area (Å²) in [6.07, 6.45) is -3.25. The molecule has 0 saturated heterocycles. The van der Waals surface area contributed by atoms with E-state index in [0.717, 1.165) is 0 Å². The molecule has 0 aliphatic carbocycles. The molecule has 0 N–H and O–H groups in total. The molecule has 0 bridgehead atoms. The minimum absolute atomic E-state index is 0.305. The number of alkyl halides is 2. The third kappa shape index (κ3) is 2.98. The molecule has 1 aromatic rings. The van der Waals surface area contributed by atoms with Crippen molar-refractivity contribution in [2.45, 2.75) is 12.4 Å². The second-order valence-electron chi connectivity index (χ2n) is 3.05. The summed E-state index contributed by atoms with van der Waals surface area (Å²) < 4.78 is 38.7. The molecule has 0 fully saturated rings. The Morgan fingerprint density at radius 1 is 1.18 bits per heavy atom. The van der Waals surface area contributed by atoms with E-state index >= 15 is 0 Å². The zero-order chi connectivity index (χ0) is 12.9. The van der Waals surface area contributed by atoms with Gasteiger partial charge in [0.05, 0.1) is 5.56 Å². The lowest BCUT2D eigenvalue weighted by Gasteiger charge is -2.29. The fraction of sp³-hybridized carbons (Fsp3) is 0.364. The van der Waals surface area contributed by atoms with Crippen LogP contribution < -0.4 is 0 Å². The summed E-state index contributed by atoms with van der Waals surface area (Å²) in [4.78, 5) is 10.9. The van der Waals surface area contributed by atoms with Gasteiger partial charge in [-0.1, -0.05) is 18.2 Å². The van der Waals surface area contributed by atoms with Crippen LogP contribution in [0.1, 0.15) is 5.56 Å². The maximum atomic E-state index is 12.2. The molecule has 17 heavy (non-hydrogen) atoms. The van der Waals surface area contributed by atoms with Gasteiger partial charge in [0.25, 0.3) is 0 Å². The van der Waals surface area contributed by atoms with Crippen LogP contribution >= 0.6 is 0 Å². The molecule has 0 saturated carbocycles. The number of methoxy groups -OCH3 is 2. The molecule has 94 valence electrons. The summed E-state index contributed by atoms with van der Waals surface area (Å²) in [5.41, 5.74) is 0.305. The highest BCUT2D eigenvalue weighted by Crippen LogP contribution is 2.28. The van der Waals surface area contributed by atoms with Crippen molar-refractivity contribution in [3.8, 4) is 0 Å². The van der Waals surface area contributed by atoms with Gasteiger partial charge < -0.3 is 14.2 Å². The van der Waals surface area contributed by atoms with Gasteiger partial charge in [-0.3, -0.25) is 0 Å². The van der Waals surface area contributed by atoms with Crippen LogP contribution in [-0.4, -0.2) is 26.6 Å². The van der Waals surface area contributed by atoms with Crippen LogP contribution in [0.2, 0.25) is 0 Å². The van der Waals surface area contributed by atoms with E-state index in [1.807, 2.05) is 0 Å². The first-order valence-corrected chi connectivity index (χ1v) is 4.72. The topological polar surface area (TPSA) is 44.8 Å². The SMILES string of the molecule is COC(OC)(OC(=O)C(F)F)c1ccccc1. The lowest BCUT2D eigenvalue weighted by Crippen LogP contribution is -2.38. The number of hydrogen-bond acceptors (Lipinski definition) is 4. The second-order valence-corrected chi connectivity index (χ2v) is 3.05. The molecule has 6 heteroatoms. The molecule has 0 spiro atoms. The van der Waals surface area contributed by atoms with E-state index in [9.17, 15) is 13.6 Å². The van der Waals surface area contributed by atoms with Gasteiger partial charge in [-0.25, -0.2) is 4.79 Å². The highest BCUT2D eigenvalue weighted by atomic mass is 19.3. The first-order chi connectivity index (χ1) is 8.05. The van der Waals surface area contributed by atoms with Crippen LogP contribution in [0.25, 0.3) is 0 Å². The Balaban J connectivity index is 3.02. The van der Waals surface area contributed by atoms with Crippen LogP contribution in [0, 0.1) is 0 Å². The Kier molecular flexibility index (Phi) is 4.53. The predicted octanol–water partition coefficient (Wildman–Crippen LogP) is 1.90. The average Bonchev–Trinajstić information content (AvgIpc) is 2.36. The minimum atomic E-state index is -3.25. The quantitative estimate of drug-likeness (QED) is 0.588. The molecule has 0 unspecified atom stereocenters. The summed E-state index contributed by atoms with van der Waals surface area (Å²) in [7, 11) is 2.38. The van der Waals surface area contributed by atoms with Crippen LogP contribution in [0.4, 0.5) is 8.78 Å². The van der Waals surface area contributed by atoms with Crippen LogP contribution in [-0.2, 0) is 25.0 Å². The molecule has 1 aromatic carbocycles. The van der Waals surface area contributed by atoms with Gasteiger partial charge in [-0.2, -0.15) is 8.78 Å². The number of carbonyl (C=O) groups excluding carboxylic acids is 1. The number of esters is 1. The maximum Gasteiger partial charge on any atom is 0.378 e. The molecule has 0 aliphatic heterocycles. The van der Waals surface area contributed by atoms with Crippen molar-refractivity contribution in [3.63, 3.8) is 0 Å². The van der Waals surface area contributed by atoms with E-state index in [1.54, 1.807) is 18.2 Å². The van der Waals surface area contributed by atoms with Gasteiger partial charge >= 0.3 is 18.4 Å². The van der Waals surface area contributed by atoms with E-state index in [1.165, 1.54) is 26.4 Å². The molecule has 0 amide bonds. The van der Waals surface area contributed by atoms with Crippen molar-refractivity contribution < 1.29 is 27.8 Å². The van der Waals surface area contributed by atoms with Crippen molar-refractivity contribution >= 4 is 5.97 Å². The molecule has 0 atom stereocenters. The third-order valence-electron chi connectivity index (χ3n) is 2.08. The molecular weight excluding hydrogens is 234 g/mol. The second kappa shape index (κ2) is 5.70. The lowest BCUT2D eigenvalue weighted by molar-refractivity contribution is -0.358. The first-order valence-electron chi connectivity index (χ1n) is 4.72. The van der Waals surface area contributed by atoms with Gasteiger partial charge in [-0.05, 0) is 12.1 Å². The third-order valence-corrected chi connectivity index (χ3v) is 2.08. The number of benzene rings is 1. The van der Waals surface area contributed by atoms with E-state index in [4.69, 9.17) is 9.47 Å². The Bertz CT molecular complexity index is 363. The van der Waals surface area contributed by atoms with Crippen LogP contribution in [0.5, 0.6) is 0 Å². The lowest BCUT2D eigenvalue weighted by atomic mass is 10.2. The monoisotopic (exact) mass is 246 g/mol. The van der Waals surface area contributed by atoms with E-state index in [2.05, 4.69) is 4.74 Å². The van der Waals surface area contributed by atoms with Gasteiger partial charge in [0, 0.05) is 14.2 Å². The molecule has 0 heterocycles. The van der Waals surface area contributed by atoms with Crippen molar-refractivity contribution in [3.05, 3.63) is 35.9 Å². The zero-order valence-corrected chi connectivity index (χ0v) is 9.35. The Morgan fingerprint density at radius 2 is 1.71 bits per heavy atom. The van der Waals surface area contributed by atoms with Crippen LogP contribution in [0.3, 0.4) is 0 Å². The maximum absolute atomic E-state index is 12.2. The normalized spacial score (nSPS) is 11.6. The summed E-state index contributed by atoms with van der Waals surface area (Å²) in [5, 5.41) is 0. The predicted molar refractivity (Wildman–Crippen MR) is 54.2 cm³/mol. The smallest absolute Gasteiger partial charge is 0.378 e. The number of halogens is 2. The fourth-order valence-electron chi connectivity index (χ4n) is 1.28. The number of rotatable bonds is 5. The number of ether oxygens (including phenoxy) is 3. The van der Waals surface area contributed by atoms with Gasteiger partial charge in [0.1, 0.15) is 0 Å². The van der Waals surface area contributed by atoms with Crippen molar-refractivity contribution in [2.24, 2.45) is 0 Å². The molecule has 0 aromatic heterocycles. The fourth-order valence-corrected chi connectivity index (χ4v) is 1.28. The highest BCUT2D eigenvalue weighted by Gasteiger charge is 2.39. The average molecular weight is 246 g/mol. The van der Waals surface area contributed by atoms with Crippen molar-refractivity contribution in [2.75, 3.05) is 14.2 Å². The Hall–Kier alpha value is -1.53. The Labute approximate surface area is 97.1 Å². The first kappa shape index (κ1) is 13.5. The largest absolute Gasteiger partial charge is 0.399 e. The standard InChI is InChI=1S/C11H12F2O4/c1-15-11(16-2,17-10(14)9(12)13)8-6-4-3-5-7-8/h3-7,9H,1-2H3. The number of hydrogen-bond donors (Lipinski definition) is 0. The van der Waals surface area contributed by atoms with Crippen molar-refractivity contribution in [1.29, 1.82) is 0 Å². The van der Waals surface area contributed by atoms with Gasteiger partial charge in [0.15, 0.2) is 0 Å². The minimum Gasteiger partial charge on any atom is -0.399 e. The van der Waals surface area contributed by atoms with E-state index in [-0.39, 0.29) is 0 Å². The zero-order valence-electron chi connectivity index (χ0n) is 9.35. The van der Waals surface area contributed by atoms with Gasteiger partial charge in [-0.15, -0.1) is 0 Å². The summed E-state index contributed by atoms with van der Waals surface area (Å²) in [6, 6.07) is 8.06. The van der Waals surface area contributed by atoms with Crippen LogP contribution in [0.15, 0.2) is 30.3 Å². The molecule has 1 rings (SSSR count). The Morgan fingerprint density at radius 3 is 2.12 bits per heavy atom. The number of carbonyl (C=O) groups is 1. The van der Waals surface area contributed by atoms with E-state index < -0.39 is 18.4 Å². The summed E-state index contributed by atoms with van der Waals surface area (Å²) in [5.74, 6) is -3.66. The molecule has 4 nitrogen and oxygen atoms in total. The van der Waals surface area contributed by atoms with E-state index in [0.29, 0.717) is 5.56 Å². The summed E-state index contributed by atoms with van der Waals surface area (Å²) in [6.45, 7) is 0. The van der Waals surface area contributed by atoms with Gasteiger partial charge in [0.2, 0.25) is 0 Å². The molecule has 0 aliphatic rings. The molecular formula is C11H12F2O4. The highest BCUT2D eigenvalue weighted by molar-refractivity contribution is 5.73.